The number of hydrogen-bond donors (Lipinski definition) is 2. The van der Waals surface area contributed by atoms with Gasteiger partial charge >= 0.3 is 0 Å². The second-order valence-corrected chi connectivity index (χ2v) is 8.73. The van der Waals surface area contributed by atoms with Crippen LogP contribution in [0, 0.1) is 13.8 Å². The molecule has 1 fully saturated rings. The molecule has 0 unspecified atom stereocenters. The maximum atomic E-state index is 11.8. The van der Waals surface area contributed by atoms with Crippen molar-refractivity contribution >= 4 is 21.3 Å². The first-order valence-electron chi connectivity index (χ1n) is 9.01. The summed E-state index contributed by atoms with van der Waals surface area (Å²) in [5, 5.41) is 6.52. The predicted octanol–water partition coefficient (Wildman–Crippen LogP) is 1.77. The van der Waals surface area contributed by atoms with E-state index >= 15 is 0 Å². The van der Waals surface area contributed by atoms with Gasteiger partial charge in [0, 0.05) is 6.26 Å². The average molecular weight is 407 g/mol. The van der Waals surface area contributed by atoms with Crippen LogP contribution < -0.4 is 20.1 Å². The van der Waals surface area contributed by atoms with E-state index in [0.29, 0.717) is 28.8 Å². The number of hydrogen-bond acceptors (Lipinski definition) is 9. The van der Waals surface area contributed by atoms with E-state index in [1.165, 1.54) is 19.5 Å². The number of aryl methyl sites for hydroxylation is 2. The Bertz CT molecular complexity index is 935. The van der Waals surface area contributed by atoms with Crippen molar-refractivity contribution in [3.8, 4) is 11.6 Å². The molecule has 0 aromatic carbocycles. The molecule has 3 rings (SSSR count). The highest BCUT2D eigenvalue weighted by atomic mass is 32.2. The molecule has 0 bridgehead atoms. The van der Waals surface area contributed by atoms with Gasteiger partial charge in [-0.2, -0.15) is 4.98 Å². The molecule has 28 heavy (non-hydrogen) atoms. The van der Waals surface area contributed by atoms with Gasteiger partial charge in [0.05, 0.1) is 18.5 Å². The van der Waals surface area contributed by atoms with Crippen molar-refractivity contribution in [3.05, 3.63) is 23.7 Å². The van der Waals surface area contributed by atoms with Gasteiger partial charge in [-0.1, -0.05) is 0 Å². The first-order chi connectivity index (χ1) is 13.3. The fourth-order valence-corrected chi connectivity index (χ4v) is 3.77. The van der Waals surface area contributed by atoms with E-state index in [9.17, 15) is 8.42 Å². The van der Waals surface area contributed by atoms with Gasteiger partial charge in [-0.3, -0.25) is 0 Å². The quantitative estimate of drug-likeness (QED) is 0.739. The summed E-state index contributed by atoms with van der Waals surface area (Å²) in [7, 11) is -1.86. The molecule has 2 aromatic rings. The van der Waals surface area contributed by atoms with Crippen LogP contribution in [0.15, 0.2) is 17.4 Å². The molecule has 0 spiro atoms. The summed E-state index contributed by atoms with van der Waals surface area (Å²) in [5.74, 6) is 1.21. The number of piperidine rings is 1. The normalized spacial score (nSPS) is 15.3. The monoisotopic (exact) mass is 407 g/mol. The number of ether oxygens (including phenoxy) is 2. The number of pyridine rings is 1. The Hall–Kier alpha value is -2.46. The van der Waals surface area contributed by atoms with E-state index < -0.39 is 9.84 Å². The van der Waals surface area contributed by atoms with Gasteiger partial charge in [0.2, 0.25) is 5.75 Å². The zero-order chi connectivity index (χ0) is 20.3. The van der Waals surface area contributed by atoms with Crippen molar-refractivity contribution < 1.29 is 17.9 Å². The van der Waals surface area contributed by atoms with E-state index in [1.54, 1.807) is 6.92 Å². The van der Waals surface area contributed by atoms with Crippen LogP contribution in [0.1, 0.15) is 24.1 Å². The highest BCUT2D eigenvalue weighted by Gasteiger charge is 2.21. The topological polar surface area (TPSA) is 115 Å². The van der Waals surface area contributed by atoms with E-state index in [-0.39, 0.29) is 11.1 Å². The predicted molar refractivity (Wildman–Crippen MR) is 105 cm³/mol. The molecule has 10 heteroatoms. The number of nitrogens with one attached hydrogen (secondary N) is 2. The van der Waals surface area contributed by atoms with Gasteiger partial charge in [0.1, 0.15) is 12.4 Å². The molecule has 1 aliphatic heterocycles. The summed E-state index contributed by atoms with van der Waals surface area (Å²) in [6.45, 7) is 5.36. The van der Waals surface area contributed by atoms with Gasteiger partial charge < -0.3 is 20.1 Å². The van der Waals surface area contributed by atoms with E-state index in [0.717, 1.165) is 37.8 Å². The molecule has 0 amide bonds. The van der Waals surface area contributed by atoms with Gasteiger partial charge in [0.25, 0.3) is 5.88 Å². The number of nitrogens with zero attached hydrogens (tertiary/aromatic N) is 3. The lowest BCUT2D eigenvalue weighted by molar-refractivity contribution is 0.149. The smallest absolute Gasteiger partial charge is 0.262 e. The van der Waals surface area contributed by atoms with Crippen molar-refractivity contribution in [1.82, 2.24) is 20.3 Å². The average Bonchev–Trinajstić information content (AvgIpc) is 2.65. The van der Waals surface area contributed by atoms with Crippen LogP contribution in [0.3, 0.4) is 0 Å². The Labute approximate surface area is 164 Å². The molecule has 0 aliphatic carbocycles. The molecule has 152 valence electrons. The van der Waals surface area contributed by atoms with Crippen molar-refractivity contribution in [2.24, 2.45) is 0 Å². The number of methoxy groups -OCH3 is 1. The summed E-state index contributed by atoms with van der Waals surface area (Å²) in [6.07, 6.45) is 4.40. The number of aromatic nitrogens is 3. The van der Waals surface area contributed by atoms with Crippen molar-refractivity contribution in [2.75, 3.05) is 31.8 Å². The second-order valence-electron chi connectivity index (χ2n) is 6.76. The summed E-state index contributed by atoms with van der Waals surface area (Å²) >= 11 is 0. The van der Waals surface area contributed by atoms with E-state index in [2.05, 4.69) is 25.6 Å². The number of sulfone groups is 1. The van der Waals surface area contributed by atoms with Crippen LogP contribution in [0.2, 0.25) is 0 Å². The largest absolute Gasteiger partial charge is 0.489 e. The Morgan fingerprint density at radius 3 is 2.54 bits per heavy atom. The lowest BCUT2D eigenvalue weighted by atomic mass is 10.1. The zero-order valence-corrected chi connectivity index (χ0v) is 17.3. The first kappa shape index (κ1) is 20.3. The molecule has 9 nitrogen and oxygen atoms in total. The van der Waals surface area contributed by atoms with Crippen LogP contribution in [-0.4, -0.2) is 55.9 Å². The highest BCUT2D eigenvalue weighted by molar-refractivity contribution is 7.90. The van der Waals surface area contributed by atoms with Crippen LogP contribution in [0.25, 0.3) is 0 Å². The minimum atomic E-state index is -3.39. The maximum absolute atomic E-state index is 11.8. The number of rotatable bonds is 6. The Morgan fingerprint density at radius 2 is 1.93 bits per heavy atom. The molecule has 2 aromatic heterocycles. The van der Waals surface area contributed by atoms with Crippen LogP contribution >= 0.6 is 0 Å². The fourth-order valence-electron chi connectivity index (χ4n) is 3.08. The van der Waals surface area contributed by atoms with Gasteiger partial charge in [-0.05, 0) is 51.4 Å². The molecule has 1 saturated heterocycles. The molecule has 3 heterocycles. The van der Waals surface area contributed by atoms with Gasteiger partial charge in [-0.25, -0.2) is 18.4 Å². The van der Waals surface area contributed by atoms with Gasteiger partial charge in [-0.15, -0.1) is 0 Å². The Balaban J connectivity index is 1.91. The van der Waals surface area contributed by atoms with E-state index in [1.807, 2.05) is 6.92 Å². The summed E-state index contributed by atoms with van der Waals surface area (Å²) in [6, 6.07) is 1.53. The molecule has 0 atom stereocenters. The third-order valence-corrected chi connectivity index (χ3v) is 5.51. The summed E-state index contributed by atoms with van der Waals surface area (Å²) in [4.78, 5) is 12.7. The Morgan fingerprint density at radius 1 is 1.21 bits per heavy atom. The highest BCUT2D eigenvalue weighted by Crippen LogP contribution is 2.35. The van der Waals surface area contributed by atoms with Crippen molar-refractivity contribution in [2.45, 2.75) is 37.8 Å². The molecular formula is C18H25N5O4S. The fraction of sp³-hybridized carbons (Fsp3) is 0.500. The summed E-state index contributed by atoms with van der Waals surface area (Å²) in [5.41, 5.74) is 1.94. The second kappa shape index (κ2) is 8.27. The SMILES string of the molecule is COc1c(Nc2c(C)cc(S(C)(=O)=O)nc2C)ncnc1OC1CCNCC1. The lowest BCUT2D eigenvalue weighted by Crippen LogP contribution is -2.34. The molecule has 0 saturated carbocycles. The summed E-state index contributed by atoms with van der Waals surface area (Å²) < 4.78 is 35.1. The standard InChI is InChI=1S/C18H25N5O4S/c1-11-9-14(28(4,24)25)22-12(2)15(11)23-17-16(26-3)18(21-10-20-17)27-13-5-7-19-8-6-13/h9-10,13,19H,5-8H2,1-4H3,(H,20,21,23). The van der Waals surface area contributed by atoms with Crippen molar-refractivity contribution in [1.29, 1.82) is 0 Å². The molecular weight excluding hydrogens is 382 g/mol. The zero-order valence-electron chi connectivity index (χ0n) is 16.4. The third-order valence-electron chi connectivity index (χ3n) is 4.54. The first-order valence-corrected chi connectivity index (χ1v) is 10.9. The Kier molecular flexibility index (Phi) is 5.99. The maximum Gasteiger partial charge on any atom is 0.262 e. The minimum Gasteiger partial charge on any atom is -0.489 e. The van der Waals surface area contributed by atoms with Crippen LogP contribution in [-0.2, 0) is 9.84 Å². The van der Waals surface area contributed by atoms with Gasteiger partial charge in [0.15, 0.2) is 20.7 Å². The minimum absolute atomic E-state index is 0.0395. The number of anilines is 2. The molecule has 0 radical (unpaired) electrons. The molecule has 2 N–H and O–H groups in total. The molecule has 1 aliphatic rings. The van der Waals surface area contributed by atoms with Crippen LogP contribution in [0.4, 0.5) is 11.5 Å². The van der Waals surface area contributed by atoms with Crippen LogP contribution in [0.5, 0.6) is 11.6 Å². The third kappa shape index (κ3) is 4.50. The lowest BCUT2D eigenvalue weighted by Gasteiger charge is -2.24. The van der Waals surface area contributed by atoms with E-state index in [4.69, 9.17) is 9.47 Å². The van der Waals surface area contributed by atoms with Crippen molar-refractivity contribution in [3.63, 3.8) is 0 Å².